The van der Waals surface area contributed by atoms with Crippen molar-refractivity contribution < 1.29 is 13.6 Å². The van der Waals surface area contributed by atoms with E-state index < -0.39 is 10.0 Å². The van der Waals surface area contributed by atoms with E-state index in [1.54, 1.807) is 0 Å². The predicted molar refractivity (Wildman–Crippen MR) is 65.4 cm³/mol. The number of oxime groups is 1. The van der Waals surface area contributed by atoms with Crippen molar-refractivity contribution in [3.8, 4) is 0 Å². The number of nitrogens with zero attached hydrogens (tertiary/aromatic N) is 1. The lowest BCUT2D eigenvalue weighted by molar-refractivity contribution is 0.314. The van der Waals surface area contributed by atoms with Crippen LogP contribution in [0.5, 0.6) is 0 Å². The van der Waals surface area contributed by atoms with Gasteiger partial charge in [-0.1, -0.05) is 5.16 Å². The molecule has 0 bridgehead atoms. The molecule has 1 rings (SSSR count). The molecule has 0 radical (unpaired) electrons. The Morgan fingerprint density at radius 3 is 2.59 bits per heavy atom. The third-order valence-corrected chi connectivity index (χ3v) is 3.54. The van der Waals surface area contributed by atoms with Crippen LogP contribution in [0.15, 0.2) is 5.16 Å². The van der Waals surface area contributed by atoms with E-state index in [-0.39, 0.29) is 11.3 Å². The SMILES string of the molecule is CS(=O)(=O)NCCNCC1(CC(N)=NO)CC1. The summed E-state index contributed by atoms with van der Waals surface area (Å²) in [6.07, 6.45) is 3.81. The first kappa shape index (κ1) is 14.2. The Hall–Kier alpha value is -0.860. The van der Waals surface area contributed by atoms with Crippen molar-refractivity contribution in [3.63, 3.8) is 0 Å². The van der Waals surface area contributed by atoms with Crippen LogP contribution in [-0.4, -0.2) is 45.4 Å². The topological polar surface area (TPSA) is 117 Å². The minimum absolute atomic E-state index is 0.0986. The maximum Gasteiger partial charge on any atom is 0.208 e. The van der Waals surface area contributed by atoms with Crippen LogP contribution in [0.25, 0.3) is 0 Å². The molecule has 0 aliphatic heterocycles. The zero-order valence-electron chi connectivity index (χ0n) is 9.94. The number of nitrogens with one attached hydrogen (secondary N) is 2. The van der Waals surface area contributed by atoms with Crippen molar-refractivity contribution >= 4 is 15.9 Å². The molecule has 0 heterocycles. The van der Waals surface area contributed by atoms with E-state index in [0.717, 1.165) is 25.6 Å². The Bertz CT molecular complexity index is 376. The number of sulfonamides is 1. The fourth-order valence-corrected chi connectivity index (χ4v) is 2.16. The van der Waals surface area contributed by atoms with Crippen molar-refractivity contribution in [2.75, 3.05) is 25.9 Å². The number of hydrogen-bond donors (Lipinski definition) is 4. The lowest BCUT2D eigenvalue weighted by Crippen LogP contribution is -2.35. The molecular formula is C9H20N4O3S. The van der Waals surface area contributed by atoms with E-state index in [9.17, 15) is 8.42 Å². The molecule has 100 valence electrons. The highest BCUT2D eigenvalue weighted by molar-refractivity contribution is 7.88. The molecule has 17 heavy (non-hydrogen) atoms. The second kappa shape index (κ2) is 5.65. The van der Waals surface area contributed by atoms with Gasteiger partial charge in [-0.3, -0.25) is 0 Å². The highest BCUT2D eigenvalue weighted by Gasteiger charge is 2.42. The van der Waals surface area contributed by atoms with Gasteiger partial charge in [-0.25, -0.2) is 13.1 Å². The van der Waals surface area contributed by atoms with Crippen LogP contribution in [0.3, 0.4) is 0 Å². The summed E-state index contributed by atoms with van der Waals surface area (Å²) in [4.78, 5) is 0. The van der Waals surface area contributed by atoms with Crippen molar-refractivity contribution in [2.24, 2.45) is 16.3 Å². The smallest absolute Gasteiger partial charge is 0.208 e. The van der Waals surface area contributed by atoms with Crippen LogP contribution in [0.2, 0.25) is 0 Å². The molecule has 0 spiro atoms. The van der Waals surface area contributed by atoms with E-state index in [2.05, 4.69) is 15.2 Å². The summed E-state index contributed by atoms with van der Waals surface area (Å²) in [5, 5.41) is 14.6. The van der Waals surface area contributed by atoms with Crippen molar-refractivity contribution in [1.82, 2.24) is 10.0 Å². The Labute approximate surface area is 101 Å². The van der Waals surface area contributed by atoms with Crippen molar-refractivity contribution in [2.45, 2.75) is 19.3 Å². The highest BCUT2D eigenvalue weighted by atomic mass is 32.2. The van der Waals surface area contributed by atoms with Gasteiger partial charge in [0, 0.05) is 26.1 Å². The molecule has 0 aromatic carbocycles. The van der Waals surface area contributed by atoms with Gasteiger partial charge in [0.05, 0.1) is 6.26 Å². The number of amidine groups is 1. The fourth-order valence-electron chi connectivity index (χ4n) is 1.69. The average molecular weight is 264 g/mol. The van der Waals surface area contributed by atoms with Crippen LogP contribution >= 0.6 is 0 Å². The second-order valence-corrected chi connectivity index (χ2v) is 6.44. The van der Waals surface area contributed by atoms with Crippen LogP contribution in [0.1, 0.15) is 19.3 Å². The molecule has 1 fully saturated rings. The van der Waals surface area contributed by atoms with Crippen molar-refractivity contribution in [3.05, 3.63) is 0 Å². The molecular weight excluding hydrogens is 244 g/mol. The third-order valence-electron chi connectivity index (χ3n) is 2.81. The van der Waals surface area contributed by atoms with E-state index in [0.29, 0.717) is 19.5 Å². The summed E-state index contributed by atoms with van der Waals surface area (Å²) in [5.41, 5.74) is 5.57. The average Bonchev–Trinajstić information content (AvgIpc) is 2.96. The number of nitrogens with two attached hydrogens (primary N) is 1. The third kappa shape index (κ3) is 5.85. The summed E-state index contributed by atoms with van der Waals surface area (Å²) >= 11 is 0. The molecule has 0 amide bonds. The number of hydrogen-bond acceptors (Lipinski definition) is 5. The normalized spacial score (nSPS) is 19.2. The molecule has 8 heteroatoms. The highest BCUT2D eigenvalue weighted by Crippen LogP contribution is 2.48. The Morgan fingerprint density at radius 2 is 2.12 bits per heavy atom. The first-order valence-corrected chi connectivity index (χ1v) is 7.38. The van der Waals surface area contributed by atoms with Gasteiger partial charge in [-0.05, 0) is 18.3 Å². The summed E-state index contributed by atoms with van der Waals surface area (Å²) in [6.45, 7) is 1.71. The summed E-state index contributed by atoms with van der Waals surface area (Å²) in [7, 11) is -3.11. The zero-order valence-corrected chi connectivity index (χ0v) is 10.8. The molecule has 1 aliphatic carbocycles. The molecule has 0 aromatic heterocycles. The minimum atomic E-state index is -3.11. The molecule has 5 N–H and O–H groups in total. The van der Waals surface area contributed by atoms with Gasteiger partial charge in [0.15, 0.2) is 0 Å². The molecule has 0 aromatic rings. The van der Waals surface area contributed by atoms with Gasteiger partial charge >= 0.3 is 0 Å². The summed E-state index contributed by atoms with van der Waals surface area (Å²) < 4.78 is 24.0. The molecule has 0 atom stereocenters. The maximum absolute atomic E-state index is 10.8. The van der Waals surface area contributed by atoms with Crippen LogP contribution < -0.4 is 15.8 Å². The summed E-state index contributed by atoms with van der Waals surface area (Å²) in [5.74, 6) is 0.249. The molecule has 7 nitrogen and oxygen atoms in total. The van der Waals surface area contributed by atoms with E-state index in [4.69, 9.17) is 10.9 Å². The molecule has 0 saturated heterocycles. The largest absolute Gasteiger partial charge is 0.409 e. The predicted octanol–water partition coefficient (Wildman–Crippen LogP) is -0.958. The standard InChI is InChI=1S/C9H20N4O3S/c1-17(15,16)12-5-4-11-7-9(2-3-9)6-8(10)13-14/h11-12,14H,2-7H2,1H3,(H2,10,13). The van der Waals surface area contributed by atoms with Gasteiger partial charge in [0.25, 0.3) is 0 Å². The Balaban J connectivity index is 2.15. The minimum Gasteiger partial charge on any atom is -0.409 e. The first-order chi connectivity index (χ1) is 7.87. The van der Waals surface area contributed by atoms with Gasteiger partial charge in [-0.15, -0.1) is 0 Å². The molecule has 1 aliphatic rings. The molecule has 0 unspecified atom stereocenters. The van der Waals surface area contributed by atoms with E-state index in [1.165, 1.54) is 0 Å². The van der Waals surface area contributed by atoms with E-state index in [1.807, 2.05) is 0 Å². The van der Waals surface area contributed by atoms with Gasteiger partial charge in [0.1, 0.15) is 5.84 Å². The Kier molecular flexibility index (Phi) is 4.72. The quantitative estimate of drug-likeness (QED) is 0.148. The molecule has 1 saturated carbocycles. The Morgan fingerprint density at radius 1 is 1.47 bits per heavy atom. The maximum atomic E-state index is 10.8. The van der Waals surface area contributed by atoms with Crippen LogP contribution in [0, 0.1) is 5.41 Å². The van der Waals surface area contributed by atoms with Crippen LogP contribution in [0.4, 0.5) is 0 Å². The first-order valence-electron chi connectivity index (χ1n) is 5.49. The monoisotopic (exact) mass is 264 g/mol. The van der Waals surface area contributed by atoms with Crippen molar-refractivity contribution in [1.29, 1.82) is 0 Å². The van der Waals surface area contributed by atoms with Gasteiger partial charge < -0.3 is 16.3 Å². The van der Waals surface area contributed by atoms with Gasteiger partial charge in [-0.2, -0.15) is 0 Å². The second-order valence-electron chi connectivity index (χ2n) is 4.61. The lowest BCUT2D eigenvalue weighted by Gasteiger charge is -2.14. The van der Waals surface area contributed by atoms with Gasteiger partial charge in [0.2, 0.25) is 10.0 Å². The fraction of sp³-hybridized carbons (Fsp3) is 0.889. The lowest BCUT2D eigenvalue weighted by atomic mass is 10.0. The van der Waals surface area contributed by atoms with E-state index >= 15 is 0 Å². The summed E-state index contributed by atoms with van der Waals surface area (Å²) in [6, 6.07) is 0. The van der Waals surface area contributed by atoms with Crippen LogP contribution in [-0.2, 0) is 10.0 Å². The number of rotatable bonds is 8. The zero-order chi connectivity index (χ0) is 12.9.